The lowest BCUT2D eigenvalue weighted by Crippen LogP contribution is -2.18. The third-order valence-corrected chi connectivity index (χ3v) is 3.08. The molecule has 3 rings (SSSR count). The SMILES string of the molecule is C=c1ccc(=C2N=C(Cc3ccc(C)cc3)ON2)cn1. The number of hydroxylamine groups is 1. The highest BCUT2D eigenvalue weighted by atomic mass is 16.7. The Kier molecular flexibility index (Phi) is 3.21. The van der Waals surface area contributed by atoms with E-state index < -0.39 is 0 Å². The monoisotopic (exact) mass is 265 g/mol. The molecule has 0 unspecified atom stereocenters. The Bertz CT molecular complexity index is 740. The molecule has 0 fully saturated rings. The van der Waals surface area contributed by atoms with Crippen molar-refractivity contribution < 1.29 is 4.84 Å². The molecule has 0 radical (unpaired) electrons. The first-order chi connectivity index (χ1) is 9.70. The zero-order valence-corrected chi connectivity index (χ0v) is 11.3. The maximum atomic E-state index is 5.40. The van der Waals surface area contributed by atoms with Crippen LogP contribution in [-0.2, 0) is 11.3 Å². The summed E-state index contributed by atoms with van der Waals surface area (Å²) in [5, 5.41) is 1.62. The first kappa shape index (κ1) is 12.4. The summed E-state index contributed by atoms with van der Waals surface area (Å²) in [6.07, 6.45) is 2.39. The molecule has 0 bridgehead atoms. The molecule has 0 spiro atoms. The largest absolute Gasteiger partial charge is 0.364 e. The highest BCUT2D eigenvalue weighted by molar-refractivity contribution is 5.84. The van der Waals surface area contributed by atoms with E-state index >= 15 is 0 Å². The first-order valence-corrected chi connectivity index (χ1v) is 6.42. The lowest BCUT2D eigenvalue weighted by atomic mass is 10.1. The lowest BCUT2D eigenvalue weighted by molar-refractivity contribution is 0.248. The number of aliphatic imine (C=N–C) groups is 1. The zero-order chi connectivity index (χ0) is 13.9. The van der Waals surface area contributed by atoms with Gasteiger partial charge in [-0.3, -0.25) is 4.98 Å². The van der Waals surface area contributed by atoms with Crippen molar-refractivity contribution in [2.45, 2.75) is 13.3 Å². The molecule has 1 N–H and O–H groups in total. The average Bonchev–Trinajstić information content (AvgIpc) is 2.91. The third-order valence-electron chi connectivity index (χ3n) is 3.08. The van der Waals surface area contributed by atoms with Crippen molar-refractivity contribution in [3.05, 3.63) is 64.3 Å². The second-order valence-electron chi connectivity index (χ2n) is 4.76. The van der Waals surface area contributed by atoms with E-state index in [1.165, 1.54) is 11.1 Å². The molecule has 0 amide bonds. The molecule has 2 aromatic rings. The van der Waals surface area contributed by atoms with Crippen molar-refractivity contribution >= 4 is 18.3 Å². The Hall–Kier alpha value is -2.62. The van der Waals surface area contributed by atoms with Crippen LogP contribution in [0.3, 0.4) is 0 Å². The molecule has 4 nitrogen and oxygen atoms in total. The number of nitrogens with one attached hydrogen (secondary N) is 1. The average molecular weight is 265 g/mol. The van der Waals surface area contributed by atoms with E-state index in [0.717, 1.165) is 10.6 Å². The molecular weight excluding hydrogens is 250 g/mol. The van der Waals surface area contributed by atoms with Crippen LogP contribution < -0.4 is 16.0 Å². The van der Waals surface area contributed by atoms with Gasteiger partial charge in [0.2, 0.25) is 5.90 Å². The van der Waals surface area contributed by atoms with E-state index in [0.29, 0.717) is 18.1 Å². The predicted molar refractivity (Wildman–Crippen MR) is 79.0 cm³/mol. The van der Waals surface area contributed by atoms with Gasteiger partial charge in [-0.2, -0.15) is 4.99 Å². The summed E-state index contributed by atoms with van der Waals surface area (Å²) >= 11 is 0. The van der Waals surface area contributed by atoms with Crippen LogP contribution in [-0.4, -0.2) is 10.9 Å². The molecule has 20 heavy (non-hydrogen) atoms. The molecule has 1 aliphatic heterocycles. The minimum Gasteiger partial charge on any atom is -0.364 e. The Morgan fingerprint density at radius 2 is 1.95 bits per heavy atom. The van der Waals surface area contributed by atoms with Crippen LogP contribution in [0.5, 0.6) is 0 Å². The van der Waals surface area contributed by atoms with Gasteiger partial charge in [0.05, 0.1) is 11.8 Å². The summed E-state index contributed by atoms with van der Waals surface area (Å²) in [5.41, 5.74) is 5.24. The number of pyridine rings is 1. The van der Waals surface area contributed by atoms with Gasteiger partial charge in [0.1, 0.15) is 0 Å². The van der Waals surface area contributed by atoms with Crippen LogP contribution in [0.2, 0.25) is 0 Å². The molecule has 1 aromatic heterocycles. The van der Waals surface area contributed by atoms with E-state index in [1.54, 1.807) is 6.20 Å². The Labute approximate surface area is 117 Å². The minimum atomic E-state index is 0.655. The van der Waals surface area contributed by atoms with Crippen molar-refractivity contribution in [1.82, 2.24) is 10.5 Å². The fourth-order valence-electron chi connectivity index (χ4n) is 1.92. The van der Waals surface area contributed by atoms with E-state index in [-0.39, 0.29) is 0 Å². The van der Waals surface area contributed by atoms with Crippen molar-refractivity contribution in [3.8, 4) is 0 Å². The van der Waals surface area contributed by atoms with E-state index in [9.17, 15) is 0 Å². The molecule has 0 atom stereocenters. The highest BCUT2D eigenvalue weighted by Crippen LogP contribution is 2.09. The summed E-state index contributed by atoms with van der Waals surface area (Å²) in [6, 6.07) is 12.1. The fraction of sp³-hybridized carbons (Fsp3) is 0.125. The molecule has 0 aliphatic carbocycles. The number of hydrogen-bond donors (Lipinski definition) is 1. The quantitative estimate of drug-likeness (QED) is 0.882. The van der Waals surface area contributed by atoms with Crippen molar-refractivity contribution in [3.63, 3.8) is 0 Å². The minimum absolute atomic E-state index is 0.655. The molecule has 1 aliphatic rings. The van der Waals surface area contributed by atoms with Crippen molar-refractivity contribution in [1.29, 1.82) is 0 Å². The van der Waals surface area contributed by atoms with Crippen LogP contribution in [0.1, 0.15) is 11.1 Å². The normalized spacial score (nSPS) is 16.4. The van der Waals surface area contributed by atoms with Gasteiger partial charge in [0, 0.05) is 11.4 Å². The lowest BCUT2D eigenvalue weighted by Gasteiger charge is -2.01. The summed E-state index contributed by atoms with van der Waals surface area (Å²) in [6.45, 7) is 5.83. The molecule has 100 valence electrons. The van der Waals surface area contributed by atoms with Gasteiger partial charge in [-0.1, -0.05) is 36.4 Å². The zero-order valence-electron chi connectivity index (χ0n) is 11.3. The summed E-state index contributed by atoms with van der Waals surface area (Å²) in [4.78, 5) is 14.0. The van der Waals surface area contributed by atoms with E-state index in [1.807, 2.05) is 12.1 Å². The van der Waals surface area contributed by atoms with Gasteiger partial charge in [0.25, 0.3) is 0 Å². The number of aromatic nitrogens is 1. The highest BCUT2D eigenvalue weighted by Gasteiger charge is 2.13. The second kappa shape index (κ2) is 5.17. The number of benzene rings is 1. The number of hydrogen-bond acceptors (Lipinski definition) is 4. The predicted octanol–water partition coefficient (Wildman–Crippen LogP) is 1.04. The van der Waals surface area contributed by atoms with Crippen LogP contribution >= 0.6 is 0 Å². The number of aryl methyl sites for hydroxylation is 1. The summed E-state index contributed by atoms with van der Waals surface area (Å²) < 4.78 is 0. The smallest absolute Gasteiger partial charge is 0.228 e. The molecule has 1 aromatic carbocycles. The van der Waals surface area contributed by atoms with Crippen molar-refractivity contribution in [2.75, 3.05) is 0 Å². The molecule has 4 heteroatoms. The topological polar surface area (TPSA) is 46.5 Å². The van der Waals surface area contributed by atoms with Gasteiger partial charge < -0.3 is 4.84 Å². The van der Waals surface area contributed by atoms with Gasteiger partial charge in [-0.05, 0) is 24.6 Å². The van der Waals surface area contributed by atoms with Gasteiger partial charge in [0.15, 0.2) is 5.82 Å². The van der Waals surface area contributed by atoms with E-state index in [4.69, 9.17) is 4.84 Å². The van der Waals surface area contributed by atoms with Crippen LogP contribution in [0.15, 0.2) is 47.6 Å². The maximum absolute atomic E-state index is 5.40. The summed E-state index contributed by atoms with van der Waals surface area (Å²) in [7, 11) is 0. The van der Waals surface area contributed by atoms with E-state index in [2.05, 4.69) is 53.2 Å². The number of rotatable bonds is 2. The summed E-state index contributed by atoms with van der Waals surface area (Å²) in [5.74, 6) is 1.34. The molecule has 0 saturated heterocycles. The van der Waals surface area contributed by atoms with Gasteiger partial charge in [-0.15, -0.1) is 0 Å². The van der Waals surface area contributed by atoms with Gasteiger partial charge >= 0.3 is 0 Å². The van der Waals surface area contributed by atoms with Crippen LogP contribution in [0.4, 0.5) is 0 Å². The number of nitrogens with zero attached hydrogens (tertiary/aromatic N) is 2. The third kappa shape index (κ3) is 2.69. The standard InChI is InChI=1S/C16H15N3O/c1-11-3-6-13(7-4-11)9-15-18-16(19-20-15)14-8-5-12(2)17-10-14/h3-8,10,19H,2,9H2,1H3. The van der Waals surface area contributed by atoms with Crippen molar-refractivity contribution in [2.24, 2.45) is 4.99 Å². The van der Waals surface area contributed by atoms with Gasteiger partial charge in [-0.25, -0.2) is 5.48 Å². The Morgan fingerprint density at radius 3 is 2.65 bits per heavy atom. The maximum Gasteiger partial charge on any atom is 0.228 e. The van der Waals surface area contributed by atoms with Crippen LogP contribution in [0.25, 0.3) is 12.4 Å². The fourth-order valence-corrected chi connectivity index (χ4v) is 1.92. The van der Waals surface area contributed by atoms with Crippen LogP contribution in [0, 0.1) is 6.92 Å². The molecular formula is C16H15N3O. The molecule has 2 heterocycles. The second-order valence-corrected chi connectivity index (χ2v) is 4.76. The molecule has 0 saturated carbocycles. The first-order valence-electron chi connectivity index (χ1n) is 6.42. The Morgan fingerprint density at radius 1 is 1.15 bits per heavy atom. The Balaban J connectivity index is 1.85.